The van der Waals surface area contributed by atoms with Crippen molar-refractivity contribution in [2.45, 2.75) is 12.8 Å². The maximum absolute atomic E-state index is 2.42. The Hall–Kier alpha value is -7.68. The average molecular weight is 767 g/mol. The molecule has 11 rings (SSSR count). The molecule has 2 heteroatoms. The van der Waals surface area contributed by atoms with Crippen molar-refractivity contribution < 1.29 is 0 Å². The van der Waals surface area contributed by atoms with Gasteiger partial charge in [-0.3, -0.25) is 0 Å². The molecule has 0 unspecified atom stereocenters. The van der Waals surface area contributed by atoms with Crippen molar-refractivity contribution in [2.24, 2.45) is 0 Å². The zero-order valence-corrected chi connectivity index (χ0v) is 33.2. The highest BCUT2D eigenvalue weighted by Crippen LogP contribution is 2.43. The Bertz CT molecular complexity index is 3220. The van der Waals surface area contributed by atoms with Crippen molar-refractivity contribution in [3.05, 3.63) is 236 Å². The first-order valence-corrected chi connectivity index (χ1v) is 20.9. The van der Waals surface area contributed by atoms with Gasteiger partial charge >= 0.3 is 0 Å². The summed E-state index contributed by atoms with van der Waals surface area (Å²) in [6.07, 6.45) is 9.08. The van der Waals surface area contributed by atoms with Crippen LogP contribution in [-0.4, -0.2) is 4.57 Å². The second kappa shape index (κ2) is 15.2. The molecule has 284 valence electrons. The minimum Gasteiger partial charge on any atom is -0.310 e. The molecule has 0 saturated heterocycles. The molecule has 0 N–H and O–H groups in total. The normalized spacial score (nSPS) is 12.6. The fraction of sp³-hybridized carbons (Fsp3) is 0.0345. The number of hydrogen-bond donors (Lipinski definition) is 0. The standard InChI is InChI=1S/C58H42N2/c1-4-15-41(16-5-1)43-29-31-44(32-30-43)45-33-35-51(36-34-45)59(52-25-12-21-46(37-52)42-17-6-2-7-18-42)53-26-13-22-49(38-53)54-27-14-28-56-58(54)55-39-47-19-10-11-20-48(47)40-57(55)60(56)50-23-8-3-9-24-50/h2-4,6-40H,1,5H2. The highest BCUT2D eigenvalue weighted by atomic mass is 15.1. The summed E-state index contributed by atoms with van der Waals surface area (Å²) in [6, 6.07) is 77.5. The SMILES string of the molecule is C1=CC(c2ccc(-c3ccc(N(c4cccc(-c5ccccc5)c4)c4cccc(-c5cccc6c5c5cc7ccccc7cc5n6-c5ccccc5)c4)cc3)cc2)=CCC1. The van der Waals surface area contributed by atoms with Crippen molar-refractivity contribution >= 4 is 55.2 Å². The molecule has 0 aliphatic heterocycles. The van der Waals surface area contributed by atoms with Gasteiger partial charge in [0.25, 0.3) is 0 Å². The van der Waals surface area contributed by atoms with E-state index < -0.39 is 0 Å². The average Bonchev–Trinajstić information content (AvgIpc) is 3.65. The van der Waals surface area contributed by atoms with Crippen LogP contribution in [0.1, 0.15) is 18.4 Å². The zero-order chi connectivity index (χ0) is 39.8. The highest BCUT2D eigenvalue weighted by molar-refractivity contribution is 6.18. The van der Waals surface area contributed by atoms with Gasteiger partial charge in [-0.05, 0) is 135 Å². The third kappa shape index (κ3) is 6.49. The Kier molecular flexibility index (Phi) is 9.02. The summed E-state index contributed by atoms with van der Waals surface area (Å²) in [5, 5.41) is 4.97. The van der Waals surface area contributed by atoms with Crippen LogP contribution in [0.3, 0.4) is 0 Å². The molecule has 1 heterocycles. The summed E-state index contributed by atoms with van der Waals surface area (Å²) in [4.78, 5) is 2.39. The van der Waals surface area contributed by atoms with Gasteiger partial charge < -0.3 is 9.47 Å². The molecule has 1 aliphatic carbocycles. The molecule has 1 aromatic heterocycles. The summed E-state index contributed by atoms with van der Waals surface area (Å²) < 4.78 is 2.42. The maximum Gasteiger partial charge on any atom is 0.0547 e. The molecule has 0 saturated carbocycles. The Labute approximate surface area is 351 Å². The summed E-state index contributed by atoms with van der Waals surface area (Å²) >= 11 is 0. The molecule has 0 amide bonds. The molecule has 1 aliphatic rings. The van der Waals surface area contributed by atoms with Crippen LogP contribution in [0.15, 0.2) is 231 Å². The number of anilines is 3. The van der Waals surface area contributed by atoms with E-state index in [-0.39, 0.29) is 0 Å². The number of allylic oxidation sites excluding steroid dienone is 4. The highest BCUT2D eigenvalue weighted by Gasteiger charge is 2.19. The summed E-state index contributed by atoms with van der Waals surface area (Å²) in [5.41, 5.74) is 16.6. The van der Waals surface area contributed by atoms with Gasteiger partial charge in [-0.1, -0.05) is 164 Å². The van der Waals surface area contributed by atoms with Crippen LogP contribution >= 0.6 is 0 Å². The molecule has 10 aromatic rings. The van der Waals surface area contributed by atoms with Crippen LogP contribution in [-0.2, 0) is 0 Å². The molecule has 0 atom stereocenters. The van der Waals surface area contributed by atoms with E-state index in [1.54, 1.807) is 0 Å². The van der Waals surface area contributed by atoms with Gasteiger partial charge in [0.1, 0.15) is 0 Å². The van der Waals surface area contributed by atoms with Crippen LogP contribution in [0.2, 0.25) is 0 Å². The largest absolute Gasteiger partial charge is 0.310 e. The lowest BCUT2D eigenvalue weighted by molar-refractivity contribution is 1.04. The minimum absolute atomic E-state index is 1.10. The first-order valence-electron chi connectivity index (χ1n) is 20.9. The van der Waals surface area contributed by atoms with Gasteiger partial charge in [0.2, 0.25) is 0 Å². The number of fused-ring (bicyclic) bond motifs is 4. The molecule has 0 radical (unpaired) electrons. The van der Waals surface area contributed by atoms with E-state index in [1.807, 2.05) is 0 Å². The van der Waals surface area contributed by atoms with E-state index in [0.717, 1.165) is 35.6 Å². The molecule has 9 aromatic carbocycles. The number of benzene rings is 9. The second-order valence-corrected chi connectivity index (χ2v) is 15.7. The van der Waals surface area contributed by atoms with Gasteiger partial charge in [-0.2, -0.15) is 0 Å². The van der Waals surface area contributed by atoms with E-state index >= 15 is 0 Å². The first-order chi connectivity index (χ1) is 29.7. The van der Waals surface area contributed by atoms with Gasteiger partial charge in [0.15, 0.2) is 0 Å². The van der Waals surface area contributed by atoms with E-state index in [4.69, 9.17) is 0 Å². The molecule has 0 bridgehead atoms. The quantitative estimate of drug-likeness (QED) is 0.150. The fourth-order valence-corrected chi connectivity index (χ4v) is 9.05. The Morgan fingerprint density at radius 1 is 0.383 bits per heavy atom. The topological polar surface area (TPSA) is 8.17 Å². The molecule has 0 spiro atoms. The monoisotopic (exact) mass is 766 g/mol. The lowest BCUT2D eigenvalue weighted by Crippen LogP contribution is -2.10. The van der Waals surface area contributed by atoms with Gasteiger partial charge in [-0.25, -0.2) is 0 Å². The van der Waals surface area contributed by atoms with E-state index in [2.05, 4.69) is 240 Å². The smallest absolute Gasteiger partial charge is 0.0547 e. The minimum atomic E-state index is 1.10. The lowest BCUT2D eigenvalue weighted by atomic mass is 9.96. The van der Waals surface area contributed by atoms with Gasteiger partial charge in [-0.15, -0.1) is 0 Å². The lowest BCUT2D eigenvalue weighted by Gasteiger charge is -2.27. The number of hydrogen-bond acceptors (Lipinski definition) is 1. The zero-order valence-electron chi connectivity index (χ0n) is 33.2. The number of rotatable bonds is 8. The van der Waals surface area contributed by atoms with Crippen LogP contribution in [0.25, 0.3) is 77.2 Å². The summed E-state index contributed by atoms with van der Waals surface area (Å²) in [7, 11) is 0. The maximum atomic E-state index is 2.42. The van der Waals surface area contributed by atoms with Crippen LogP contribution < -0.4 is 4.90 Å². The van der Waals surface area contributed by atoms with Crippen molar-refractivity contribution in [1.82, 2.24) is 4.57 Å². The first kappa shape index (κ1) is 35.5. The van der Waals surface area contributed by atoms with Gasteiger partial charge in [0.05, 0.1) is 11.0 Å². The van der Waals surface area contributed by atoms with Crippen molar-refractivity contribution in [1.29, 1.82) is 0 Å². The fourth-order valence-electron chi connectivity index (χ4n) is 9.05. The predicted molar refractivity (Wildman–Crippen MR) is 256 cm³/mol. The van der Waals surface area contributed by atoms with Gasteiger partial charge in [0, 0.05) is 33.5 Å². The van der Waals surface area contributed by atoms with E-state index in [9.17, 15) is 0 Å². The van der Waals surface area contributed by atoms with Crippen LogP contribution in [0.5, 0.6) is 0 Å². The number of nitrogens with zero attached hydrogens (tertiary/aromatic N) is 2. The Balaban J connectivity index is 1.05. The van der Waals surface area contributed by atoms with E-state index in [0.29, 0.717) is 0 Å². The van der Waals surface area contributed by atoms with Crippen LogP contribution in [0, 0.1) is 0 Å². The van der Waals surface area contributed by atoms with Crippen molar-refractivity contribution in [2.75, 3.05) is 4.90 Å². The summed E-state index contributed by atoms with van der Waals surface area (Å²) in [5.74, 6) is 0. The van der Waals surface area contributed by atoms with Crippen molar-refractivity contribution in [3.63, 3.8) is 0 Å². The third-order valence-electron chi connectivity index (χ3n) is 12.0. The number of aromatic nitrogens is 1. The molecule has 60 heavy (non-hydrogen) atoms. The van der Waals surface area contributed by atoms with Crippen LogP contribution in [0.4, 0.5) is 17.1 Å². The Morgan fingerprint density at radius 2 is 0.967 bits per heavy atom. The molecular formula is C58H42N2. The summed E-state index contributed by atoms with van der Waals surface area (Å²) in [6.45, 7) is 0. The Morgan fingerprint density at radius 3 is 1.68 bits per heavy atom. The molecule has 2 nitrogen and oxygen atoms in total. The van der Waals surface area contributed by atoms with E-state index in [1.165, 1.54) is 77.1 Å². The molecular weight excluding hydrogens is 725 g/mol. The third-order valence-corrected chi connectivity index (χ3v) is 12.0. The predicted octanol–water partition coefficient (Wildman–Crippen LogP) is 16.1. The van der Waals surface area contributed by atoms with Crippen molar-refractivity contribution in [3.8, 4) is 39.1 Å². The second-order valence-electron chi connectivity index (χ2n) is 15.7. The molecule has 0 fully saturated rings. The number of para-hydroxylation sites is 1.